The number of hydrogen-bond acceptors (Lipinski definition) is 5. The zero-order valence-corrected chi connectivity index (χ0v) is 10.3. The minimum atomic E-state index is -0.485. The fraction of sp³-hybridized carbons (Fsp3) is 0. The molecule has 0 aliphatic carbocycles. The van der Waals surface area contributed by atoms with Gasteiger partial charge in [0.2, 0.25) is 0 Å². The number of nitro groups is 1. The number of phenolic OH excluding ortho intramolecular Hbond substituents is 1. The van der Waals surface area contributed by atoms with E-state index in [-0.39, 0.29) is 16.5 Å². The average Bonchev–Trinajstić information content (AvgIpc) is 2.40. The number of aromatic hydroxyl groups is 1. The van der Waals surface area contributed by atoms with E-state index < -0.39 is 4.92 Å². The summed E-state index contributed by atoms with van der Waals surface area (Å²) < 4.78 is 0. The van der Waals surface area contributed by atoms with Crippen molar-refractivity contribution in [1.82, 2.24) is 0 Å². The van der Waals surface area contributed by atoms with E-state index in [0.717, 1.165) is 0 Å². The smallest absolute Gasteiger partial charge is 0.269 e. The molecule has 2 rings (SSSR count). The lowest BCUT2D eigenvalue weighted by Gasteiger charge is -1.97. The molecule has 2 aromatic carbocycles. The molecule has 0 saturated carbocycles. The SMILES string of the molecule is O=[N+]([O-])c1ccc(N=Nc2ccc(O)c(Cl)c2)cc1. The Bertz CT molecular complexity index is 641. The molecule has 0 radical (unpaired) electrons. The summed E-state index contributed by atoms with van der Waals surface area (Å²) >= 11 is 5.72. The van der Waals surface area contributed by atoms with Gasteiger partial charge in [0.15, 0.2) is 0 Å². The van der Waals surface area contributed by atoms with Crippen molar-refractivity contribution < 1.29 is 10.0 Å². The molecule has 0 unspecified atom stereocenters. The second kappa shape index (κ2) is 5.45. The Kier molecular flexibility index (Phi) is 3.72. The van der Waals surface area contributed by atoms with E-state index in [2.05, 4.69) is 10.2 Å². The maximum atomic E-state index is 10.5. The van der Waals surface area contributed by atoms with Gasteiger partial charge in [-0.25, -0.2) is 0 Å². The molecule has 7 heteroatoms. The highest BCUT2D eigenvalue weighted by molar-refractivity contribution is 6.32. The molecule has 0 aliphatic heterocycles. The van der Waals surface area contributed by atoms with Gasteiger partial charge in [-0.2, -0.15) is 10.2 Å². The maximum Gasteiger partial charge on any atom is 0.269 e. The van der Waals surface area contributed by atoms with E-state index in [9.17, 15) is 15.2 Å². The number of nitro benzene ring substituents is 1. The molecular formula is C12H8ClN3O3. The third-order valence-corrected chi connectivity index (χ3v) is 2.58. The van der Waals surface area contributed by atoms with Crippen LogP contribution in [-0.4, -0.2) is 10.0 Å². The first-order valence-corrected chi connectivity index (χ1v) is 5.59. The Hall–Kier alpha value is -2.47. The number of rotatable bonds is 3. The van der Waals surface area contributed by atoms with Gasteiger partial charge in [0.05, 0.1) is 21.3 Å². The van der Waals surface area contributed by atoms with Gasteiger partial charge >= 0.3 is 0 Å². The van der Waals surface area contributed by atoms with Crippen molar-refractivity contribution in [2.45, 2.75) is 0 Å². The number of non-ortho nitro benzene ring substituents is 1. The summed E-state index contributed by atoms with van der Waals surface area (Å²) in [5, 5.41) is 27.7. The molecule has 0 bridgehead atoms. The molecule has 2 aromatic rings. The molecule has 0 aliphatic rings. The first kappa shape index (κ1) is 13.0. The molecular weight excluding hydrogens is 270 g/mol. The van der Waals surface area contributed by atoms with Gasteiger partial charge in [-0.1, -0.05) is 11.6 Å². The third-order valence-electron chi connectivity index (χ3n) is 2.27. The van der Waals surface area contributed by atoms with Crippen molar-refractivity contribution in [3.63, 3.8) is 0 Å². The Morgan fingerprint density at radius 1 is 1.05 bits per heavy atom. The minimum Gasteiger partial charge on any atom is -0.506 e. The Labute approximate surface area is 113 Å². The van der Waals surface area contributed by atoms with E-state index in [1.165, 1.54) is 36.4 Å². The highest BCUT2D eigenvalue weighted by Crippen LogP contribution is 2.28. The number of hydrogen-bond donors (Lipinski definition) is 1. The molecule has 0 atom stereocenters. The van der Waals surface area contributed by atoms with E-state index in [4.69, 9.17) is 11.6 Å². The van der Waals surface area contributed by atoms with Gasteiger partial charge in [-0.15, -0.1) is 0 Å². The fourth-order valence-corrected chi connectivity index (χ4v) is 1.49. The number of nitrogens with zero attached hydrogens (tertiary/aromatic N) is 3. The van der Waals surface area contributed by atoms with Crippen LogP contribution in [0.1, 0.15) is 0 Å². The number of azo groups is 1. The van der Waals surface area contributed by atoms with Crippen molar-refractivity contribution in [3.8, 4) is 5.75 Å². The summed E-state index contributed by atoms with van der Waals surface area (Å²) in [4.78, 5) is 9.99. The topological polar surface area (TPSA) is 88.1 Å². The standard InChI is InChI=1S/C12H8ClN3O3/c13-11-7-9(3-6-12(11)17)15-14-8-1-4-10(5-2-8)16(18)19/h1-7,17H. The first-order chi connectivity index (χ1) is 9.06. The van der Waals surface area contributed by atoms with Crippen molar-refractivity contribution in [2.24, 2.45) is 10.2 Å². The zero-order chi connectivity index (χ0) is 13.8. The quantitative estimate of drug-likeness (QED) is 0.513. The van der Waals surface area contributed by atoms with Crippen molar-refractivity contribution in [2.75, 3.05) is 0 Å². The molecule has 0 fully saturated rings. The van der Waals surface area contributed by atoms with Gasteiger partial charge in [-0.3, -0.25) is 10.1 Å². The monoisotopic (exact) mass is 277 g/mol. The fourth-order valence-electron chi connectivity index (χ4n) is 1.31. The van der Waals surface area contributed by atoms with Gasteiger partial charge in [0, 0.05) is 12.1 Å². The normalized spacial score (nSPS) is 10.8. The molecule has 0 amide bonds. The van der Waals surface area contributed by atoms with E-state index in [0.29, 0.717) is 11.4 Å². The minimum absolute atomic E-state index is 0.00775. The molecule has 0 saturated heterocycles. The molecule has 6 nitrogen and oxygen atoms in total. The Morgan fingerprint density at radius 3 is 2.21 bits per heavy atom. The van der Waals surface area contributed by atoms with Crippen LogP contribution < -0.4 is 0 Å². The highest BCUT2D eigenvalue weighted by Gasteiger charge is 2.03. The van der Waals surface area contributed by atoms with Crippen LogP contribution in [0.4, 0.5) is 17.1 Å². The number of halogens is 1. The number of benzene rings is 2. The molecule has 0 aromatic heterocycles. The molecule has 19 heavy (non-hydrogen) atoms. The largest absolute Gasteiger partial charge is 0.506 e. The number of phenols is 1. The molecule has 0 spiro atoms. The lowest BCUT2D eigenvalue weighted by molar-refractivity contribution is -0.384. The van der Waals surface area contributed by atoms with Gasteiger partial charge in [0.1, 0.15) is 5.75 Å². The molecule has 96 valence electrons. The van der Waals surface area contributed by atoms with Crippen LogP contribution in [0.5, 0.6) is 5.75 Å². The third kappa shape index (κ3) is 3.26. The zero-order valence-electron chi connectivity index (χ0n) is 9.52. The highest BCUT2D eigenvalue weighted by atomic mass is 35.5. The average molecular weight is 278 g/mol. The second-order valence-corrected chi connectivity index (χ2v) is 4.02. The Balaban J connectivity index is 2.17. The summed E-state index contributed by atoms with van der Waals surface area (Å²) in [5.74, 6) is -0.0315. The van der Waals surface area contributed by atoms with Crippen molar-refractivity contribution in [1.29, 1.82) is 0 Å². The second-order valence-electron chi connectivity index (χ2n) is 3.61. The first-order valence-electron chi connectivity index (χ1n) is 5.21. The van der Waals surface area contributed by atoms with Crippen LogP contribution in [0.2, 0.25) is 5.02 Å². The van der Waals surface area contributed by atoms with Gasteiger partial charge in [0.25, 0.3) is 5.69 Å². The lowest BCUT2D eigenvalue weighted by Crippen LogP contribution is -1.85. The van der Waals surface area contributed by atoms with Crippen LogP contribution in [0, 0.1) is 10.1 Å². The molecule has 1 N–H and O–H groups in total. The van der Waals surface area contributed by atoms with Gasteiger partial charge in [-0.05, 0) is 30.3 Å². The lowest BCUT2D eigenvalue weighted by atomic mass is 10.3. The van der Waals surface area contributed by atoms with Crippen LogP contribution in [0.3, 0.4) is 0 Å². The summed E-state index contributed by atoms with van der Waals surface area (Å²) in [6.45, 7) is 0. The van der Waals surface area contributed by atoms with Crippen LogP contribution >= 0.6 is 11.6 Å². The van der Waals surface area contributed by atoms with Crippen LogP contribution in [0.15, 0.2) is 52.7 Å². The predicted molar refractivity (Wildman–Crippen MR) is 70.4 cm³/mol. The van der Waals surface area contributed by atoms with E-state index in [1.807, 2.05) is 0 Å². The molecule has 0 heterocycles. The summed E-state index contributed by atoms with van der Waals surface area (Å²) in [6.07, 6.45) is 0. The van der Waals surface area contributed by atoms with E-state index >= 15 is 0 Å². The summed E-state index contributed by atoms with van der Waals surface area (Å²) in [7, 11) is 0. The Morgan fingerprint density at radius 2 is 1.63 bits per heavy atom. The summed E-state index contributed by atoms with van der Waals surface area (Å²) in [6, 6.07) is 10.1. The summed E-state index contributed by atoms with van der Waals surface area (Å²) in [5.41, 5.74) is 0.947. The maximum absolute atomic E-state index is 10.5. The van der Waals surface area contributed by atoms with Crippen LogP contribution in [-0.2, 0) is 0 Å². The van der Waals surface area contributed by atoms with Crippen LogP contribution in [0.25, 0.3) is 0 Å². The van der Waals surface area contributed by atoms with E-state index in [1.54, 1.807) is 6.07 Å². The van der Waals surface area contributed by atoms with Crippen molar-refractivity contribution in [3.05, 3.63) is 57.6 Å². The predicted octanol–water partition coefficient (Wildman–Crippen LogP) is 4.37. The van der Waals surface area contributed by atoms with Crippen molar-refractivity contribution >= 4 is 28.7 Å². The van der Waals surface area contributed by atoms with Gasteiger partial charge < -0.3 is 5.11 Å².